The number of hydroxylamine groups is 1. The number of carbonyl (C=O) groups excluding carboxylic acids is 1. The minimum atomic E-state index is -0.673. The van der Waals surface area contributed by atoms with Gasteiger partial charge < -0.3 is 15.0 Å². The number of carbonyl (C=O) groups is 1. The highest BCUT2D eigenvalue weighted by atomic mass is 19.3. The highest BCUT2D eigenvalue weighted by Crippen LogP contribution is 2.26. The summed E-state index contributed by atoms with van der Waals surface area (Å²) in [7, 11) is 1.72. The summed E-state index contributed by atoms with van der Waals surface area (Å²) in [5.74, 6) is 0.0125. The molecule has 1 amide bonds. The van der Waals surface area contributed by atoms with Crippen molar-refractivity contribution in [1.82, 2.24) is 20.8 Å². The third kappa shape index (κ3) is 5.61. The number of aromatic nitrogens is 2. The lowest BCUT2D eigenvalue weighted by Crippen LogP contribution is -2.20. The maximum atomic E-state index is 11.9. The van der Waals surface area contributed by atoms with Crippen LogP contribution >= 0.6 is 0 Å². The average Bonchev–Trinajstić information content (AvgIpc) is 3.28. The van der Waals surface area contributed by atoms with Crippen molar-refractivity contribution in [2.75, 3.05) is 20.3 Å². The topological polar surface area (TPSA) is 88.3 Å². The monoisotopic (exact) mass is 448 g/mol. The smallest absolute Gasteiger partial charge is 0.277 e. The first kappa shape index (κ1) is 22.6. The van der Waals surface area contributed by atoms with Crippen molar-refractivity contribution in [3.63, 3.8) is 0 Å². The molecule has 0 aliphatic rings. The SMILES string of the molecule is COCCCNCc1ccc(-c2ccc(-c3nc4ccc(C(=O)NOF)cc4[nH]3)cc2)cc1. The van der Waals surface area contributed by atoms with Gasteiger partial charge in [0.15, 0.2) is 0 Å². The molecule has 4 rings (SSSR count). The molecular weight excluding hydrogens is 423 g/mol. The summed E-state index contributed by atoms with van der Waals surface area (Å²) in [5, 5.41) is 6.61. The quantitative estimate of drug-likeness (QED) is 0.244. The van der Waals surface area contributed by atoms with Gasteiger partial charge in [0.25, 0.3) is 5.91 Å². The summed E-state index contributed by atoms with van der Waals surface area (Å²) in [6.45, 7) is 2.53. The van der Waals surface area contributed by atoms with Crippen LogP contribution in [0, 0.1) is 0 Å². The van der Waals surface area contributed by atoms with E-state index in [1.54, 1.807) is 30.8 Å². The average molecular weight is 448 g/mol. The standard InChI is InChI=1S/C25H25FN4O3/c1-32-14-2-13-27-16-17-3-5-18(6-4-17)19-7-9-20(10-8-19)24-28-22-12-11-21(15-23(22)29-24)25(31)30-33-26/h3-12,15,27H,2,13-14,16H2,1H3,(H,28,29)(H,30,31). The normalized spacial score (nSPS) is 11.1. The molecule has 170 valence electrons. The van der Waals surface area contributed by atoms with Gasteiger partial charge in [0.1, 0.15) is 5.82 Å². The molecule has 0 saturated heterocycles. The number of imidazole rings is 1. The van der Waals surface area contributed by atoms with Crippen molar-refractivity contribution in [3.8, 4) is 22.5 Å². The van der Waals surface area contributed by atoms with Crippen molar-refractivity contribution in [3.05, 3.63) is 77.9 Å². The van der Waals surface area contributed by atoms with E-state index in [9.17, 15) is 9.32 Å². The first-order chi connectivity index (χ1) is 16.2. The predicted octanol–water partition coefficient (Wildman–Crippen LogP) is 4.57. The lowest BCUT2D eigenvalue weighted by molar-refractivity contribution is -0.176. The third-order valence-corrected chi connectivity index (χ3v) is 5.35. The third-order valence-electron chi connectivity index (χ3n) is 5.35. The Kier molecular flexibility index (Phi) is 7.41. The van der Waals surface area contributed by atoms with Gasteiger partial charge in [-0.1, -0.05) is 53.6 Å². The Labute approximate surface area is 190 Å². The summed E-state index contributed by atoms with van der Waals surface area (Å²) in [6, 6.07) is 21.5. The zero-order chi connectivity index (χ0) is 23.0. The molecule has 7 nitrogen and oxygen atoms in total. The molecule has 1 aromatic heterocycles. The molecule has 3 N–H and O–H groups in total. The summed E-state index contributed by atoms with van der Waals surface area (Å²) >= 11 is 0. The van der Waals surface area contributed by atoms with E-state index in [1.165, 1.54) is 5.56 Å². The van der Waals surface area contributed by atoms with E-state index in [0.29, 0.717) is 16.9 Å². The van der Waals surface area contributed by atoms with Crippen molar-refractivity contribution in [2.45, 2.75) is 13.0 Å². The van der Waals surface area contributed by atoms with E-state index >= 15 is 0 Å². The van der Waals surface area contributed by atoms with Crippen LogP contribution in [0.15, 0.2) is 66.7 Å². The number of aromatic amines is 1. The number of halogens is 1. The Hall–Kier alpha value is -3.59. The van der Waals surface area contributed by atoms with Gasteiger partial charge in [0.05, 0.1) is 11.0 Å². The van der Waals surface area contributed by atoms with E-state index in [0.717, 1.165) is 42.8 Å². The fraction of sp³-hybridized carbons (Fsp3) is 0.200. The van der Waals surface area contributed by atoms with Crippen LogP contribution < -0.4 is 10.8 Å². The summed E-state index contributed by atoms with van der Waals surface area (Å²) in [4.78, 5) is 19.5. The largest absolute Gasteiger partial charge is 0.385 e. The Morgan fingerprint density at radius 1 is 1.00 bits per heavy atom. The molecule has 0 aliphatic carbocycles. The van der Waals surface area contributed by atoms with Crippen molar-refractivity contribution < 1.29 is 19.1 Å². The van der Waals surface area contributed by atoms with Gasteiger partial charge in [-0.2, -0.15) is 5.48 Å². The van der Waals surface area contributed by atoms with E-state index in [4.69, 9.17) is 4.74 Å². The predicted molar refractivity (Wildman–Crippen MR) is 125 cm³/mol. The molecule has 0 unspecified atom stereocenters. The van der Waals surface area contributed by atoms with Gasteiger partial charge in [-0.15, -0.1) is 0 Å². The minimum Gasteiger partial charge on any atom is -0.385 e. The van der Waals surface area contributed by atoms with E-state index in [-0.39, 0.29) is 5.56 Å². The summed E-state index contributed by atoms with van der Waals surface area (Å²) < 4.78 is 16.9. The number of hydrogen-bond donors (Lipinski definition) is 3. The summed E-state index contributed by atoms with van der Waals surface area (Å²) in [5.41, 5.74) is 7.71. The molecule has 0 aliphatic heterocycles. The molecule has 0 atom stereocenters. The number of nitrogens with one attached hydrogen (secondary N) is 3. The zero-order valence-corrected chi connectivity index (χ0v) is 18.2. The summed E-state index contributed by atoms with van der Waals surface area (Å²) in [6.07, 6.45) is 0.997. The molecule has 0 radical (unpaired) electrons. The zero-order valence-electron chi connectivity index (χ0n) is 18.2. The number of fused-ring (bicyclic) bond motifs is 1. The molecule has 0 bridgehead atoms. The van der Waals surface area contributed by atoms with Crippen LogP contribution in [0.2, 0.25) is 0 Å². The molecule has 0 saturated carbocycles. The van der Waals surface area contributed by atoms with Crippen LogP contribution in [0.25, 0.3) is 33.5 Å². The molecule has 3 aromatic carbocycles. The van der Waals surface area contributed by atoms with Crippen LogP contribution in [0.5, 0.6) is 0 Å². The maximum absolute atomic E-state index is 11.9. The van der Waals surface area contributed by atoms with Crippen molar-refractivity contribution >= 4 is 16.9 Å². The Morgan fingerprint density at radius 3 is 2.39 bits per heavy atom. The molecule has 1 heterocycles. The fourth-order valence-corrected chi connectivity index (χ4v) is 3.59. The second kappa shape index (κ2) is 10.8. The van der Waals surface area contributed by atoms with Crippen LogP contribution in [0.1, 0.15) is 22.3 Å². The first-order valence-corrected chi connectivity index (χ1v) is 10.6. The minimum absolute atomic E-state index is 0.263. The lowest BCUT2D eigenvalue weighted by atomic mass is 10.0. The van der Waals surface area contributed by atoms with Crippen LogP contribution in [-0.2, 0) is 16.3 Å². The number of amides is 1. The highest BCUT2D eigenvalue weighted by Gasteiger charge is 2.10. The van der Waals surface area contributed by atoms with Crippen molar-refractivity contribution in [1.29, 1.82) is 0 Å². The van der Waals surface area contributed by atoms with Gasteiger partial charge in [-0.05, 0) is 52.4 Å². The Balaban J connectivity index is 1.43. The van der Waals surface area contributed by atoms with Gasteiger partial charge >= 0.3 is 0 Å². The number of ether oxygens (including phenoxy) is 1. The van der Waals surface area contributed by atoms with Crippen LogP contribution in [0.3, 0.4) is 0 Å². The van der Waals surface area contributed by atoms with Gasteiger partial charge in [-0.25, -0.2) is 4.98 Å². The fourth-order valence-electron chi connectivity index (χ4n) is 3.59. The Morgan fingerprint density at radius 2 is 1.70 bits per heavy atom. The maximum Gasteiger partial charge on any atom is 0.277 e. The number of H-pyrrole nitrogens is 1. The van der Waals surface area contributed by atoms with Gasteiger partial charge in [-0.3, -0.25) is 4.79 Å². The highest BCUT2D eigenvalue weighted by molar-refractivity contribution is 5.97. The molecule has 8 heteroatoms. The van der Waals surface area contributed by atoms with Crippen molar-refractivity contribution in [2.24, 2.45) is 0 Å². The molecule has 0 spiro atoms. The lowest BCUT2D eigenvalue weighted by Gasteiger charge is -2.07. The first-order valence-electron chi connectivity index (χ1n) is 10.6. The van der Waals surface area contributed by atoms with Crippen LogP contribution in [0.4, 0.5) is 4.53 Å². The number of hydrogen-bond acceptors (Lipinski definition) is 5. The molecular formula is C25H25FN4O3. The number of rotatable bonds is 10. The van der Waals surface area contributed by atoms with E-state index in [2.05, 4.69) is 56.7 Å². The van der Waals surface area contributed by atoms with Gasteiger partial charge in [0, 0.05) is 31.4 Å². The molecule has 4 aromatic rings. The second-order valence-corrected chi connectivity index (χ2v) is 7.62. The van der Waals surface area contributed by atoms with E-state index in [1.807, 2.05) is 12.1 Å². The van der Waals surface area contributed by atoms with E-state index < -0.39 is 5.91 Å². The number of benzene rings is 3. The number of nitrogens with zero attached hydrogens (tertiary/aromatic N) is 1. The van der Waals surface area contributed by atoms with Crippen LogP contribution in [-0.4, -0.2) is 36.1 Å². The molecule has 0 fully saturated rings. The second-order valence-electron chi connectivity index (χ2n) is 7.62. The Bertz CT molecular complexity index is 1210. The van der Waals surface area contributed by atoms with Gasteiger partial charge in [0.2, 0.25) is 0 Å². The molecule has 33 heavy (non-hydrogen) atoms. The number of methoxy groups -OCH3 is 1.